The van der Waals surface area contributed by atoms with Crippen molar-refractivity contribution in [2.75, 3.05) is 13.6 Å². The fourth-order valence-electron chi connectivity index (χ4n) is 0.552. The summed E-state index contributed by atoms with van der Waals surface area (Å²) >= 11 is 0. The minimum absolute atomic E-state index is 0.521. The molecule has 1 rings (SSSR count). The number of nitrogens with zero attached hydrogens (tertiary/aromatic N) is 3. The van der Waals surface area contributed by atoms with Crippen molar-refractivity contribution in [1.29, 1.82) is 5.26 Å². The highest BCUT2D eigenvalue weighted by Gasteiger charge is 2.08. The summed E-state index contributed by atoms with van der Waals surface area (Å²) in [7, 11) is 1.83. The third-order valence-corrected chi connectivity index (χ3v) is 0.942. The van der Waals surface area contributed by atoms with Crippen LogP contribution in [0.15, 0.2) is 5.10 Å². The first-order valence-electron chi connectivity index (χ1n) is 2.36. The molecule has 0 bridgehead atoms. The van der Waals surface area contributed by atoms with Crippen LogP contribution < -0.4 is 0 Å². The standard InChI is InChI=1S/C5H6N3/c1-8-3-2-5(4-6)7-8/h2H,3H2,1H3. The van der Waals surface area contributed by atoms with Crippen LogP contribution in [0.2, 0.25) is 0 Å². The minimum Gasteiger partial charge on any atom is -0.298 e. The van der Waals surface area contributed by atoms with Gasteiger partial charge in [0.2, 0.25) is 0 Å². The Kier molecular flexibility index (Phi) is 1.17. The molecule has 0 N–H and O–H groups in total. The fourth-order valence-corrected chi connectivity index (χ4v) is 0.552. The van der Waals surface area contributed by atoms with E-state index in [1.807, 2.05) is 13.1 Å². The fraction of sp³-hybridized carbons (Fsp3) is 0.400. The summed E-state index contributed by atoms with van der Waals surface area (Å²) in [5, 5.41) is 13.8. The SMILES string of the molecule is CN1C[CH]C(C#N)=N1. The molecule has 1 radical (unpaired) electrons. The van der Waals surface area contributed by atoms with Gasteiger partial charge in [-0.05, 0) is 0 Å². The van der Waals surface area contributed by atoms with Crippen molar-refractivity contribution < 1.29 is 0 Å². The molecule has 0 saturated heterocycles. The summed E-state index contributed by atoms with van der Waals surface area (Å²) in [5.74, 6) is 0. The summed E-state index contributed by atoms with van der Waals surface area (Å²) < 4.78 is 0. The van der Waals surface area contributed by atoms with Gasteiger partial charge in [-0.25, -0.2) is 0 Å². The number of rotatable bonds is 0. The molecule has 0 aromatic carbocycles. The molecule has 0 aliphatic carbocycles. The molecule has 0 spiro atoms. The van der Waals surface area contributed by atoms with Gasteiger partial charge in [-0.3, -0.25) is 5.01 Å². The van der Waals surface area contributed by atoms with Gasteiger partial charge in [0.05, 0.1) is 0 Å². The van der Waals surface area contributed by atoms with E-state index in [1.54, 1.807) is 11.4 Å². The van der Waals surface area contributed by atoms with Crippen molar-refractivity contribution >= 4 is 5.71 Å². The predicted octanol–water partition coefficient (Wildman–Crippen LogP) is 0.0157. The predicted molar refractivity (Wildman–Crippen MR) is 30.0 cm³/mol. The highest BCUT2D eigenvalue weighted by molar-refractivity contribution is 6.05. The Bertz CT molecular complexity index is 154. The maximum atomic E-state index is 8.25. The van der Waals surface area contributed by atoms with Crippen LogP contribution >= 0.6 is 0 Å². The van der Waals surface area contributed by atoms with Crippen LogP contribution in [-0.4, -0.2) is 24.3 Å². The molecule has 0 aromatic rings. The first-order chi connectivity index (χ1) is 3.83. The molecule has 1 aliphatic rings. The van der Waals surface area contributed by atoms with E-state index in [1.165, 1.54) is 0 Å². The molecule has 1 heterocycles. The van der Waals surface area contributed by atoms with Gasteiger partial charge in [0.1, 0.15) is 11.8 Å². The summed E-state index contributed by atoms with van der Waals surface area (Å²) in [6.07, 6.45) is 1.79. The van der Waals surface area contributed by atoms with Gasteiger partial charge < -0.3 is 0 Å². The molecule has 0 aromatic heterocycles. The van der Waals surface area contributed by atoms with Gasteiger partial charge >= 0.3 is 0 Å². The van der Waals surface area contributed by atoms with E-state index >= 15 is 0 Å². The van der Waals surface area contributed by atoms with E-state index in [4.69, 9.17) is 5.26 Å². The average Bonchev–Trinajstić information content (AvgIpc) is 2.14. The second-order valence-electron chi connectivity index (χ2n) is 1.64. The van der Waals surface area contributed by atoms with E-state index in [0.29, 0.717) is 5.71 Å². The molecule has 8 heavy (non-hydrogen) atoms. The number of hydrazone groups is 1. The molecular weight excluding hydrogens is 102 g/mol. The van der Waals surface area contributed by atoms with Crippen molar-refractivity contribution in [3.63, 3.8) is 0 Å². The first-order valence-corrected chi connectivity index (χ1v) is 2.36. The summed E-state index contributed by atoms with van der Waals surface area (Å²) in [4.78, 5) is 0. The molecule has 0 amide bonds. The van der Waals surface area contributed by atoms with E-state index < -0.39 is 0 Å². The molecule has 0 fully saturated rings. The van der Waals surface area contributed by atoms with Crippen LogP contribution in [0.3, 0.4) is 0 Å². The van der Waals surface area contributed by atoms with Gasteiger partial charge in [-0.1, -0.05) is 0 Å². The Morgan fingerprint density at radius 2 is 2.75 bits per heavy atom. The Morgan fingerprint density at radius 1 is 2.00 bits per heavy atom. The van der Waals surface area contributed by atoms with Crippen LogP contribution in [0.1, 0.15) is 0 Å². The Labute approximate surface area is 48.2 Å². The molecule has 41 valence electrons. The molecule has 0 saturated carbocycles. The normalized spacial score (nSPS) is 18.0. The molecule has 3 heteroatoms. The van der Waals surface area contributed by atoms with E-state index in [0.717, 1.165) is 6.54 Å². The van der Waals surface area contributed by atoms with E-state index in [9.17, 15) is 0 Å². The molecule has 0 atom stereocenters. The second-order valence-corrected chi connectivity index (χ2v) is 1.64. The van der Waals surface area contributed by atoms with Crippen LogP contribution in [-0.2, 0) is 0 Å². The Hall–Kier alpha value is -1.04. The number of nitriles is 1. The van der Waals surface area contributed by atoms with E-state index in [2.05, 4.69) is 5.10 Å². The maximum Gasteiger partial charge on any atom is 0.143 e. The molecule has 3 nitrogen and oxygen atoms in total. The third kappa shape index (κ3) is 0.784. The van der Waals surface area contributed by atoms with E-state index in [-0.39, 0.29) is 0 Å². The van der Waals surface area contributed by atoms with Gasteiger partial charge in [0.25, 0.3) is 0 Å². The summed E-state index contributed by atoms with van der Waals surface area (Å²) in [5.41, 5.74) is 0.521. The van der Waals surface area contributed by atoms with Crippen molar-refractivity contribution in [3.05, 3.63) is 6.42 Å². The van der Waals surface area contributed by atoms with Crippen LogP contribution in [0, 0.1) is 17.8 Å². The zero-order valence-electron chi connectivity index (χ0n) is 4.63. The average molecular weight is 108 g/mol. The lowest BCUT2D eigenvalue weighted by atomic mass is 10.3. The zero-order valence-corrected chi connectivity index (χ0v) is 4.63. The number of hydrogen-bond donors (Lipinski definition) is 0. The second kappa shape index (κ2) is 1.83. The van der Waals surface area contributed by atoms with Crippen molar-refractivity contribution in [3.8, 4) is 6.07 Å². The molecule has 1 aliphatic heterocycles. The highest BCUT2D eigenvalue weighted by Crippen LogP contribution is 1.99. The van der Waals surface area contributed by atoms with Crippen LogP contribution in [0.25, 0.3) is 0 Å². The minimum atomic E-state index is 0.521. The lowest BCUT2D eigenvalue weighted by Gasteiger charge is -1.99. The Balaban J connectivity index is 2.61. The summed E-state index contributed by atoms with van der Waals surface area (Å²) in [6.45, 7) is 0.767. The lowest BCUT2D eigenvalue weighted by molar-refractivity contribution is 0.408. The molecular formula is C5H6N3. The summed E-state index contributed by atoms with van der Waals surface area (Å²) in [6, 6.07) is 1.95. The van der Waals surface area contributed by atoms with Gasteiger partial charge in [0, 0.05) is 20.0 Å². The topological polar surface area (TPSA) is 39.4 Å². The largest absolute Gasteiger partial charge is 0.298 e. The van der Waals surface area contributed by atoms with Gasteiger partial charge in [-0.2, -0.15) is 10.4 Å². The van der Waals surface area contributed by atoms with Gasteiger partial charge in [0.15, 0.2) is 0 Å². The van der Waals surface area contributed by atoms with Crippen molar-refractivity contribution in [1.82, 2.24) is 5.01 Å². The number of hydrogen-bond acceptors (Lipinski definition) is 3. The Morgan fingerprint density at radius 3 is 3.00 bits per heavy atom. The quantitative estimate of drug-likeness (QED) is 0.438. The first kappa shape index (κ1) is 5.10. The van der Waals surface area contributed by atoms with Crippen molar-refractivity contribution in [2.24, 2.45) is 5.10 Å². The smallest absolute Gasteiger partial charge is 0.143 e. The monoisotopic (exact) mass is 108 g/mol. The molecule has 0 unspecified atom stereocenters. The highest BCUT2D eigenvalue weighted by atomic mass is 15.4. The van der Waals surface area contributed by atoms with Crippen LogP contribution in [0.4, 0.5) is 0 Å². The van der Waals surface area contributed by atoms with Gasteiger partial charge in [-0.15, -0.1) is 0 Å². The lowest BCUT2D eigenvalue weighted by Crippen LogP contribution is -2.04. The van der Waals surface area contributed by atoms with Crippen molar-refractivity contribution in [2.45, 2.75) is 0 Å². The van der Waals surface area contributed by atoms with Crippen LogP contribution in [0.5, 0.6) is 0 Å². The zero-order chi connectivity index (χ0) is 5.98. The third-order valence-electron chi connectivity index (χ3n) is 0.942. The maximum absolute atomic E-state index is 8.25.